The van der Waals surface area contributed by atoms with E-state index in [1.54, 1.807) is 4.68 Å². The number of nitro benzene ring substituents is 1. The fourth-order valence-electron chi connectivity index (χ4n) is 3.73. The third kappa shape index (κ3) is 6.72. The number of benzene rings is 2. The molecule has 0 saturated carbocycles. The predicted octanol–water partition coefficient (Wildman–Crippen LogP) is 5.58. The number of hydrogen-bond acceptors (Lipinski definition) is 5. The van der Waals surface area contributed by atoms with Crippen LogP contribution in [0.4, 0.5) is 22.0 Å². The third-order valence-electron chi connectivity index (χ3n) is 5.99. The molecule has 0 atom stereocenters. The zero-order valence-corrected chi connectivity index (χ0v) is 22.2. The summed E-state index contributed by atoms with van der Waals surface area (Å²) in [5, 5.41) is 21.3. The van der Waals surface area contributed by atoms with Crippen molar-refractivity contribution in [3.05, 3.63) is 75.5 Å². The molecule has 196 valence electrons. The quantitative estimate of drug-likeness (QED) is 0.305. The maximum atomic E-state index is 13.1. The van der Waals surface area contributed by atoms with Gasteiger partial charge in [-0.05, 0) is 49.6 Å². The van der Waals surface area contributed by atoms with Crippen molar-refractivity contribution in [2.24, 2.45) is 0 Å². The molecule has 0 aliphatic heterocycles. The normalized spacial score (nSPS) is 11.2. The summed E-state index contributed by atoms with van der Waals surface area (Å²) in [5.41, 5.74) is 3.95. The number of nitro groups is 1. The van der Waals surface area contributed by atoms with Gasteiger partial charge in [0.05, 0.1) is 16.3 Å². The number of urea groups is 1. The van der Waals surface area contributed by atoms with E-state index in [4.69, 9.17) is 5.10 Å². The first-order valence-corrected chi connectivity index (χ1v) is 12.2. The molecule has 10 nitrogen and oxygen atoms in total. The Kier molecular flexibility index (Phi) is 8.31. The van der Waals surface area contributed by atoms with E-state index in [2.05, 4.69) is 31.4 Å². The molecule has 1 heterocycles. The number of carbonyl (C=O) groups is 2. The second-order valence-corrected chi connectivity index (χ2v) is 10.00. The number of aryl methyl sites for hydroxylation is 1. The van der Waals surface area contributed by atoms with Crippen LogP contribution in [-0.2, 0) is 10.2 Å². The first-order chi connectivity index (χ1) is 17.4. The van der Waals surface area contributed by atoms with Crippen LogP contribution < -0.4 is 10.6 Å². The lowest BCUT2D eigenvalue weighted by Gasteiger charge is -2.22. The highest BCUT2D eigenvalue weighted by molar-refractivity contribution is 5.96. The zero-order chi connectivity index (χ0) is 27.3. The molecule has 3 amide bonds. The first kappa shape index (κ1) is 27.4. The van der Waals surface area contributed by atoms with Gasteiger partial charge < -0.3 is 15.5 Å². The molecular formula is C27H34N6O4. The van der Waals surface area contributed by atoms with Crippen LogP contribution >= 0.6 is 0 Å². The van der Waals surface area contributed by atoms with Gasteiger partial charge in [-0.25, -0.2) is 9.48 Å². The highest BCUT2D eigenvalue weighted by Crippen LogP contribution is 2.28. The Balaban J connectivity index is 1.81. The Bertz CT molecular complexity index is 1290. The molecule has 2 N–H and O–H groups in total. The molecule has 1 aromatic heterocycles. The average Bonchev–Trinajstić information content (AvgIpc) is 3.25. The van der Waals surface area contributed by atoms with Crippen LogP contribution in [0, 0.1) is 24.0 Å². The maximum Gasteiger partial charge on any atom is 0.322 e. The number of amides is 3. The molecule has 0 bridgehead atoms. The summed E-state index contributed by atoms with van der Waals surface area (Å²) in [5.74, 6) is 0.162. The Hall–Kier alpha value is -4.21. The maximum absolute atomic E-state index is 13.1. The van der Waals surface area contributed by atoms with Crippen molar-refractivity contribution < 1.29 is 14.5 Å². The van der Waals surface area contributed by atoms with Crippen molar-refractivity contribution in [3.63, 3.8) is 0 Å². The number of nitrogens with zero attached hydrogens (tertiary/aromatic N) is 4. The van der Waals surface area contributed by atoms with Crippen LogP contribution in [0.2, 0.25) is 0 Å². The summed E-state index contributed by atoms with van der Waals surface area (Å²) in [6.07, 6.45) is 0.648. The minimum absolute atomic E-state index is 0.0714. The third-order valence-corrected chi connectivity index (χ3v) is 5.99. The van der Waals surface area contributed by atoms with Gasteiger partial charge in [-0.3, -0.25) is 14.9 Å². The largest absolute Gasteiger partial charge is 0.322 e. The zero-order valence-electron chi connectivity index (χ0n) is 22.2. The minimum atomic E-state index is -0.507. The molecule has 3 rings (SSSR count). The van der Waals surface area contributed by atoms with E-state index in [9.17, 15) is 19.7 Å². The van der Waals surface area contributed by atoms with Crippen LogP contribution in [0.15, 0.2) is 48.5 Å². The van der Waals surface area contributed by atoms with Crippen molar-refractivity contribution in [1.29, 1.82) is 0 Å². The Morgan fingerprint density at radius 1 is 1.08 bits per heavy atom. The lowest BCUT2D eigenvalue weighted by molar-refractivity contribution is -0.384. The average molecular weight is 507 g/mol. The van der Waals surface area contributed by atoms with E-state index in [-0.39, 0.29) is 23.6 Å². The van der Waals surface area contributed by atoms with Gasteiger partial charge in [0, 0.05) is 35.8 Å². The standard InChI is InChI=1S/C27H34N6O4/c1-7-15-31(26(35)28-20-11-13-21(14-12-20)33(36)37)17-25(34)29-24-16-23(27(4,5)6)30-32(24)22-10-8-9-18(2)19(22)3/h8-14,16H,7,15,17H2,1-6H3,(H,28,35)(H,29,34). The fraction of sp³-hybridized carbons (Fsp3) is 0.370. The molecule has 37 heavy (non-hydrogen) atoms. The van der Waals surface area contributed by atoms with E-state index in [1.165, 1.54) is 29.2 Å². The van der Waals surface area contributed by atoms with Crippen molar-refractivity contribution in [2.75, 3.05) is 23.7 Å². The summed E-state index contributed by atoms with van der Waals surface area (Å²) < 4.78 is 1.74. The van der Waals surface area contributed by atoms with Crippen LogP contribution in [0.5, 0.6) is 0 Å². The summed E-state index contributed by atoms with van der Waals surface area (Å²) in [7, 11) is 0. The number of carbonyl (C=O) groups excluding carboxylic acids is 2. The molecule has 0 saturated heterocycles. The summed E-state index contributed by atoms with van der Waals surface area (Å²) in [6, 6.07) is 12.9. The van der Waals surface area contributed by atoms with E-state index in [0.29, 0.717) is 24.5 Å². The van der Waals surface area contributed by atoms with Crippen molar-refractivity contribution in [1.82, 2.24) is 14.7 Å². The molecule has 0 spiro atoms. The lowest BCUT2D eigenvalue weighted by atomic mass is 9.92. The topological polar surface area (TPSA) is 122 Å². The number of rotatable bonds is 8. The van der Waals surface area contributed by atoms with E-state index in [0.717, 1.165) is 22.5 Å². The van der Waals surface area contributed by atoms with E-state index >= 15 is 0 Å². The molecular weight excluding hydrogens is 472 g/mol. The number of nitrogens with one attached hydrogen (secondary N) is 2. The molecule has 0 fully saturated rings. The lowest BCUT2D eigenvalue weighted by Crippen LogP contribution is -2.41. The van der Waals surface area contributed by atoms with Gasteiger partial charge in [0.2, 0.25) is 5.91 Å². The number of aromatic nitrogens is 2. The van der Waals surface area contributed by atoms with Gasteiger partial charge in [0.25, 0.3) is 5.69 Å². The van der Waals surface area contributed by atoms with Crippen molar-refractivity contribution >= 4 is 29.1 Å². The highest BCUT2D eigenvalue weighted by atomic mass is 16.6. The molecule has 3 aromatic rings. The molecule has 0 unspecified atom stereocenters. The predicted molar refractivity (Wildman–Crippen MR) is 144 cm³/mol. The van der Waals surface area contributed by atoms with Crippen molar-refractivity contribution in [3.8, 4) is 5.69 Å². The molecule has 0 aliphatic carbocycles. The second kappa shape index (κ2) is 11.2. The van der Waals surface area contributed by atoms with Gasteiger partial charge in [-0.15, -0.1) is 0 Å². The van der Waals surface area contributed by atoms with Crippen LogP contribution in [-0.4, -0.2) is 44.6 Å². The number of non-ortho nitro benzene ring substituents is 1. The van der Waals surface area contributed by atoms with E-state index in [1.807, 2.05) is 45.0 Å². The van der Waals surface area contributed by atoms with Gasteiger partial charge in [0.1, 0.15) is 12.4 Å². The Morgan fingerprint density at radius 3 is 2.35 bits per heavy atom. The van der Waals surface area contributed by atoms with Crippen LogP contribution in [0.1, 0.15) is 50.9 Å². The highest BCUT2D eigenvalue weighted by Gasteiger charge is 2.24. The monoisotopic (exact) mass is 506 g/mol. The van der Waals surface area contributed by atoms with Crippen LogP contribution in [0.25, 0.3) is 5.69 Å². The van der Waals surface area contributed by atoms with Gasteiger partial charge >= 0.3 is 6.03 Å². The summed E-state index contributed by atoms with van der Waals surface area (Å²) >= 11 is 0. The molecule has 2 aromatic carbocycles. The van der Waals surface area contributed by atoms with Crippen molar-refractivity contribution in [2.45, 2.75) is 53.4 Å². The SMILES string of the molecule is CCCN(CC(=O)Nc1cc(C(C)(C)C)nn1-c1cccc(C)c1C)C(=O)Nc1ccc([N+](=O)[O-])cc1. The Morgan fingerprint density at radius 2 is 1.76 bits per heavy atom. The summed E-state index contributed by atoms with van der Waals surface area (Å²) in [4.78, 5) is 37.8. The van der Waals surface area contributed by atoms with Crippen LogP contribution in [0.3, 0.4) is 0 Å². The number of hydrogen-bond donors (Lipinski definition) is 2. The van der Waals surface area contributed by atoms with E-state index < -0.39 is 11.0 Å². The minimum Gasteiger partial charge on any atom is -0.315 e. The fourth-order valence-corrected chi connectivity index (χ4v) is 3.73. The van der Waals surface area contributed by atoms with Gasteiger partial charge in [0.15, 0.2) is 0 Å². The smallest absolute Gasteiger partial charge is 0.315 e. The molecule has 10 heteroatoms. The Labute approximate surface area is 216 Å². The summed E-state index contributed by atoms with van der Waals surface area (Å²) in [6.45, 7) is 12.3. The first-order valence-electron chi connectivity index (χ1n) is 12.2. The number of anilines is 2. The second-order valence-electron chi connectivity index (χ2n) is 10.00. The molecule has 0 radical (unpaired) electrons. The molecule has 0 aliphatic rings. The van der Waals surface area contributed by atoms with Gasteiger partial charge in [-0.1, -0.05) is 39.8 Å². The van der Waals surface area contributed by atoms with Gasteiger partial charge in [-0.2, -0.15) is 5.10 Å².